The summed E-state index contributed by atoms with van der Waals surface area (Å²) in [6, 6.07) is 22.1. The Morgan fingerprint density at radius 3 is 2.32 bits per heavy atom. The van der Waals surface area contributed by atoms with Crippen LogP contribution in [0, 0.1) is 12.8 Å². The van der Waals surface area contributed by atoms with Gasteiger partial charge in [-0.05, 0) is 54.2 Å². The monoisotopic (exact) mass is 413 g/mol. The van der Waals surface area contributed by atoms with Crippen molar-refractivity contribution in [2.45, 2.75) is 26.2 Å². The minimum absolute atomic E-state index is 0.0123. The number of benzene rings is 2. The molecule has 1 fully saturated rings. The van der Waals surface area contributed by atoms with Crippen LogP contribution < -0.4 is 5.32 Å². The highest BCUT2D eigenvalue weighted by Gasteiger charge is 2.27. The van der Waals surface area contributed by atoms with E-state index in [0.29, 0.717) is 38.2 Å². The molecule has 4 rings (SSSR count). The van der Waals surface area contributed by atoms with Crippen LogP contribution in [0.5, 0.6) is 0 Å². The van der Waals surface area contributed by atoms with Crippen LogP contribution in [0.2, 0.25) is 0 Å². The molecule has 1 aromatic heterocycles. The number of carbonyl (C=O) groups excluding carboxylic acids is 2. The molecule has 1 N–H and O–H groups in total. The fraction of sp³-hybridized carbons (Fsp3) is 0.269. The third-order valence-electron chi connectivity index (χ3n) is 5.80. The van der Waals surface area contributed by atoms with Crippen LogP contribution in [0.1, 0.15) is 24.0 Å². The van der Waals surface area contributed by atoms with Crippen LogP contribution in [0.25, 0.3) is 11.1 Å². The number of carbonyl (C=O) groups is 2. The first-order valence-electron chi connectivity index (χ1n) is 10.7. The fourth-order valence-electron chi connectivity index (χ4n) is 3.96. The molecule has 5 nitrogen and oxygen atoms in total. The number of pyridine rings is 1. The van der Waals surface area contributed by atoms with Crippen LogP contribution in [0.4, 0.5) is 5.82 Å². The smallest absolute Gasteiger partial charge is 0.228 e. The standard InChI is InChI=1S/C26H27N3O2/c1-19-11-14-27-24(17-19)28-26(31)23-12-15-29(16-13-23)25(30)18-20-7-9-22(10-8-20)21-5-3-2-4-6-21/h2-11,14,17,23H,12-13,15-16,18H2,1H3,(H,27,28,31). The van der Waals surface area contributed by atoms with Gasteiger partial charge in [0.2, 0.25) is 11.8 Å². The van der Waals surface area contributed by atoms with Crippen molar-refractivity contribution in [2.24, 2.45) is 5.92 Å². The number of aromatic nitrogens is 1. The van der Waals surface area contributed by atoms with Crippen molar-refractivity contribution in [3.05, 3.63) is 84.1 Å². The molecule has 0 radical (unpaired) electrons. The molecule has 1 saturated heterocycles. The van der Waals surface area contributed by atoms with E-state index in [1.54, 1.807) is 6.20 Å². The SMILES string of the molecule is Cc1ccnc(NC(=O)C2CCN(C(=O)Cc3ccc(-c4ccccc4)cc3)CC2)c1. The molecule has 0 atom stereocenters. The number of aryl methyl sites for hydroxylation is 1. The zero-order valence-corrected chi connectivity index (χ0v) is 17.8. The van der Waals surface area contributed by atoms with Crippen molar-refractivity contribution in [1.29, 1.82) is 0 Å². The average Bonchev–Trinajstić information content (AvgIpc) is 2.80. The fourth-order valence-corrected chi connectivity index (χ4v) is 3.96. The summed E-state index contributed by atoms with van der Waals surface area (Å²) in [5.41, 5.74) is 4.38. The Bertz CT molecular complexity index is 1040. The molecule has 1 aliphatic rings. The van der Waals surface area contributed by atoms with E-state index in [1.165, 1.54) is 5.56 Å². The highest BCUT2D eigenvalue weighted by atomic mass is 16.2. The maximum absolute atomic E-state index is 12.7. The van der Waals surface area contributed by atoms with Crippen molar-refractivity contribution in [3.63, 3.8) is 0 Å². The molecule has 31 heavy (non-hydrogen) atoms. The third kappa shape index (κ3) is 5.37. The van der Waals surface area contributed by atoms with Gasteiger partial charge in [0.05, 0.1) is 6.42 Å². The molecule has 0 saturated carbocycles. The molecule has 2 aromatic carbocycles. The predicted octanol–water partition coefficient (Wildman–Crippen LogP) is 4.48. The van der Waals surface area contributed by atoms with Gasteiger partial charge >= 0.3 is 0 Å². The molecule has 0 unspecified atom stereocenters. The van der Waals surface area contributed by atoms with Gasteiger partial charge in [0.25, 0.3) is 0 Å². The van der Waals surface area contributed by atoms with Gasteiger partial charge in [-0.25, -0.2) is 4.98 Å². The maximum Gasteiger partial charge on any atom is 0.228 e. The number of rotatable bonds is 5. The Kier molecular flexibility index (Phi) is 6.41. The Hall–Kier alpha value is -3.47. The van der Waals surface area contributed by atoms with Crippen LogP contribution in [-0.4, -0.2) is 34.8 Å². The number of nitrogens with one attached hydrogen (secondary N) is 1. The number of hydrogen-bond acceptors (Lipinski definition) is 3. The summed E-state index contributed by atoms with van der Waals surface area (Å²) in [6.07, 6.45) is 3.43. The topological polar surface area (TPSA) is 62.3 Å². The van der Waals surface area contributed by atoms with Gasteiger partial charge < -0.3 is 10.2 Å². The molecule has 1 aliphatic heterocycles. The number of hydrogen-bond donors (Lipinski definition) is 1. The zero-order chi connectivity index (χ0) is 21.6. The summed E-state index contributed by atoms with van der Waals surface area (Å²) in [5, 5.41) is 2.90. The number of amides is 2. The lowest BCUT2D eigenvalue weighted by molar-refractivity contribution is -0.133. The van der Waals surface area contributed by atoms with Gasteiger partial charge in [-0.1, -0.05) is 54.6 Å². The predicted molar refractivity (Wildman–Crippen MR) is 122 cm³/mol. The van der Waals surface area contributed by atoms with Crippen LogP contribution in [-0.2, 0) is 16.0 Å². The summed E-state index contributed by atoms with van der Waals surface area (Å²) in [4.78, 5) is 31.4. The Morgan fingerprint density at radius 2 is 1.65 bits per heavy atom. The van der Waals surface area contributed by atoms with E-state index in [-0.39, 0.29) is 17.7 Å². The minimum atomic E-state index is -0.0866. The van der Waals surface area contributed by atoms with E-state index in [1.807, 2.05) is 54.3 Å². The first-order valence-corrected chi connectivity index (χ1v) is 10.7. The lowest BCUT2D eigenvalue weighted by Crippen LogP contribution is -2.42. The van der Waals surface area contributed by atoms with Gasteiger partial charge in [-0.15, -0.1) is 0 Å². The van der Waals surface area contributed by atoms with Crippen molar-refractivity contribution < 1.29 is 9.59 Å². The van der Waals surface area contributed by atoms with Gasteiger partial charge in [0.1, 0.15) is 5.82 Å². The number of piperidine rings is 1. The van der Waals surface area contributed by atoms with Gasteiger partial charge in [0, 0.05) is 25.2 Å². The lowest BCUT2D eigenvalue weighted by atomic mass is 9.95. The number of likely N-dealkylation sites (tertiary alicyclic amines) is 1. The average molecular weight is 414 g/mol. The third-order valence-corrected chi connectivity index (χ3v) is 5.80. The normalized spacial score (nSPS) is 14.3. The quantitative estimate of drug-likeness (QED) is 0.671. The molecular weight excluding hydrogens is 386 g/mol. The molecule has 5 heteroatoms. The number of anilines is 1. The highest BCUT2D eigenvalue weighted by molar-refractivity contribution is 5.92. The Balaban J connectivity index is 1.28. The summed E-state index contributed by atoms with van der Waals surface area (Å²) < 4.78 is 0. The van der Waals surface area contributed by atoms with Crippen molar-refractivity contribution in [3.8, 4) is 11.1 Å². The van der Waals surface area contributed by atoms with E-state index >= 15 is 0 Å². The molecular formula is C26H27N3O2. The van der Waals surface area contributed by atoms with Crippen LogP contribution in [0.3, 0.4) is 0 Å². The van der Waals surface area contributed by atoms with Gasteiger partial charge in [-0.3, -0.25) is 9.59 Å². The van der Waals surface area contributed by atoms with Crippen LogP contribution >= 0.6 is 0 Å². The Labute approximate surface area is 183 Å². The first kappa shape index (κ1) is 20.8. The Morgan fingerprint density at radius 1 is 0.968 bits per heavy atom. The van der Waals surface area contributed by atoms with Crippen molar-refractivity contribution >= 4 is 17.6 Å². The molecule has 0 spiro atoms. The summed E-state index contributed by atoms with van der Waals surface area (Å²) in [7, 11) is 0. The van der Waals surface area contributed by atoms with E-state index in [2.05, 4.69) is 34.6 Å². The molecule has 3 aromatic rings. The summed E-state index contributed by atoms with van der Waals surface area (Å²) in [6.45, 7) is 3.19. The van der Waals surface area contributed by atoms with Crippen molar-refractivity contribution in [2.75, 3.05) is 18.4 Å². The van der Waals surface area contributed by atoms with Crippen LogP contribution in [0.15, 0.2) is 72.9 Å². The molecule has 0 bridgehead atoms. The number of nitrogens with zero attached hydrogens (tertiary/aromatic N) is 2. The highest BCUT2D eigenvalue weighted by Crippen LogP contribution is 2.22. The van der Waals surface area contributed by atoms with E-state index in [0.717, 1.165) is 16.7 Å². The zero-order valence-electron chi connectivity index (χ0n) is 17.8. The molecule has 0 aliphatic carbocycles. The largest absolute Gasteiger partial charge is 0.342 e. The second kappa shape index (κ2) is 9.56. The summed E-state index contributed by atoms with van der Waals surface area (Å²) >= 11 is 0. The van der Waals surface area contributed by atoms with Crippen molar-refractivity contribution in [1.82, 2.24) is 9.88 Å². The van der Waals surface area contributed by atoms with E-state index < -0.39 is 0 Å². The minimum Gasteiger partial charge on any atom is -0.342 e. The summed E-state index contributed by atoms with van der Waals surface area (Å²) in [5.74, 6) is 0.604. The molecule has 158 valence electrons. The van der Waals surface area contributed by atoms with Gasteiger partial charge in [-0.2, -0.15) is 0 Å². The first-order chi connectivity index (χ1) is 15.1. The molecule has 2 heterocycles. The second-order valence-electron chi connectivity index (χ2n) is 8.10. The lowest BCUT2D eigenvalue weighted by Gasteiger charge is -2.31. The van der Waals surface area contributed by atoms with E-state index in [9.17, 15) is 9.59 Å². The maximum atomic E-state index is 12.7. The molecule has 2 amide bonds. The second-order valence-corrected chi connectivity index (χ2v) is 8.10. The van der Waals surface area contributed by atoms with Gasteiger partial charge in [0.15, 0.2) is 0 Å². The van der Waals surface area contributed by atoms with E-state index in [4.69, 9.17) is 0 Å².